The molecule has 3 rings (SSSR count). The maximum atomic E-state index is 12.1. The van der Waals surface area contributed by atoms with Crippen molar-refractivity contribution in [3.05, 3.63) is 77.0 Å². The molecule has 1 unspecified atom stereocenters. The fourth-order valence-electron chi connectivity index (χ4n) is 2.98. The SMILES string of the molecule is CC(=O)C1=C(C)NC(=O)NC1c1ccccc1OCc1ccccc1. The second kappa shape index (κ2) is 7.21. The van der Waals surface area contributed by atoms with Gasteiger partial charge < -0.3 is 15.4 Å². The minimum atomic E-state index is -0.529. The van der Waals surface area contributed by atoms with Crippen molar-refractivity contribution in [1.82, 2.24) is 10.6 Å². The average molecular weight is 336 g/mol. The van der Waals surface area contributed by atoms with Crippen molar-refractivity contribution in [2.45, 2.75) is 26.5 Å². The Bertz CT molecular complexity index is 828. The van der Waals surface area contributed by atoms with Crippen LogP contribution in [-0.2, 0) is 11.4 Å². The van der Waals surface area contributed by atoms with Gasteiger partial charge in [0.25, 0.3) is 0 Å². The Hall–Kier alpha value is -3.08. The quantitative estimate of drug-likeness (QED) is 0.878. The Labute approximate surface area is 146 Å². The van der Waals surface area contributed by atoms with Gasteiger partial charge >= 0.3 is 6.03 Å². The Morgan fingerprint density at radius 1 is 1.08 bits per heavy atom. The van der Waals surface area contributed by atoms with Crippen LogP contribution in [0.4, 0.5) is 4.79 Å². The zero-order valence-corrected chi connectivity index (χ0v) is 14.2. The zero-order valence-electron chi connectivity index (χ0n) is 14.2. The van der Waals surface area contributed by atoms with Crippen molar-refractivity contribution in [3.8, 4) is 5.75 Å². The van der Waals surface area contributed by atoms with E-state index in [0.717, 1.165) is 11.1 Å². The number of urea groups is 1. The molecule has 1 atom stereocenters. The normalized spacial score (nSPS) is 16.9. The first-order chi connectivity index (χ1) is 12.1. The van der Waals surface area contributed by atoms with Crippen molar-refractivity contribution in [2.75, 3.05) is 0 Å². The van der Waals surface area contributed by atoms with E-state index in [9.17, 15) is 9.59 Å². The molecule has 2 aromatic carbocycles. The summed E-state index contributed by atoms with van der Waals surface area (Å²) in [5.41, 5.74) is 2.91. The van der Waals surface area contributed by atoms with E-state index < -0.39 is 6.04 Å². The molecular weight excluding hydrogens is 316 g/mol. The summed E-state index contributed by atoms with van der Waals surface area (Å²) in [4.78, 5) is 24.0. The molecule has 2 aromatic rings. The molecule has 2 amide bonds. The molecule has 0 aromatic heterocycles. The van der Waals surface area contributed by atoms with Crippen LogP contribution < -0.4 is 15.4 Å². The fourth-order valence-corrected chi connectivity index (χ4v) is 2.98. The molecule has 1 aliphatic rings. The van der Waals surface area contributed by atoms with Gasteiger partial charge in [-0.25, -0.2) is 4.79 Å². The van der Waals surface area contributed by atoms with Gasteiger partial charge in [0, 0.05) is 16.8 Å². The van der Waals surface area contributed by atoms with E-state index in [1.807, 2.05) is 54.6 Å². The Morgan fingerprint density at radius 3 is 2.48 bits per heavy atom. The minimum absolute atomic E-state index is 0.0899. The van der Waals surface area contributed by atoms with Crippen LogP contribution in [0.2, 0.25) is 0 Å². The lowest BCUT2D eigenvalue weighted by Crippen LogP contribution is -2.44. The number of hydrogen-bond acceptors (Lipinski definition) is 3. The van der Waals surface area contributed by atoms with Gasteiger partial charge in [0.2, 0.25) is 0 Å². The Balaban J connectivity index is 1.93. The predicted molar refractivity (Wildman–Crippen MR) is 95.0 cm³/mol. The highest BCUT2D eigenvalue weighted by atomic mass is 16.5. The predicted octanol–water partition coefficient (Wildman–Crippen LogP) is 3.48. The second-order valence-electron chi connectivity index (χ2n) is 5.94. The molecular formula is C20H20N2O3. The first-order valence-corrected chi connectivity index (χ1v) is 8.11. The number of ketones is 1. The summed E-state index contributed by atoms with van der Waals surface area (Å²) in [5.74, 6) is 0.554. The van der Waals surface area contributed by atoms with E-state index in [4.69, 9.17) is 4.74 Å². The van der Waals surface area contributed by atoms with Gasteiger partial charge in [-0.3, -0.25) is 4.79 Å². The molecule has 5 nitrogen and oxygen atoms in total. The number of allylic oxidation sites excluding steroid dienone is 1. The summed E-state index contributed by atoms with van der Waals surface area (Å²) in [5, 5.41) is 5.48. The van der Waals surface area contributed by atoms with E-state index >= 15 is 0 Å². The number of nitrogens with one attached hydrogen (secondary N) is 2. The topological polar surface area (TPSA) is 67.4 Å². The van der Waals surface area contributed by atoms with E-state index in [0.29, 0.717) is 23.6 Å². The molecule has 0 fully saturated rings. The largest absolute Gasteiger partial charge is 0.489 e. The van der Waals surface area contributed by atoms with Crippen LogP contribution in [0.3, 0.4) is 0 Å². The zero-order chi connectivity index (χ0) is 17.8. The summed E-state index contributed by atoms with van der Waals surface area (Å²) in [6.45, 7) is 3.64. The molecule has 2 N–H and O–H groups in total. The molecule has 1 aliphatic heterocycles. The summed E-state index contributed by atoms with van der Waals surface area (Å²) in [6, 6.07) is 16.4. The lowest BCUT2D eigenvalue weighted by atomic mass is 9.92. The van der Waals surface area contributed by atoms with Crippen LogP contribution in [0.5, 0.6) is 5.75 Å². The van der Waals surface area contributed by atoms with Crippen molar-refractivity contribution < 1.29 is 14.3 Å². The van der Waals surface area contributed by atoms with E-state index in [1.54, 1.807) is 6.92 Å². The number of carbonyl (C=O) groups excluding carboxylic acids is 2. The Kier molecular flexibility index (Phi) is 4.84. The van der Waals surface area contributed by atoms with Gasteiger partial charge in [-0.05, 0) is 25.5 Å². The summed E-state index contributed by atoms with van der Waals surface area (Å²) < 4.78 is 5.97. The van der Waals surface area contributed by atoms with Gasteiger partial charge in [0.05, 0.1) is 6.04 Å². The van der Waals surface area contributed by atoms with Gasteiger partial charge in [0.1, 0.15) is 12.4 Å². The number of benzene rings is 2. The molecule has 0 aliphatic carbocycles. The third-order valence-electron chi connectivity index (χ3n) is 4.12. The van der Waals surface area contributed by atoms with Crippen LogP contribution in [0.25, 0.3) is 0 Å². The van der Waals surface area contributed by atoms with E-state index in [2.05, 4.69) is 10.6 Å². The van der Waals surface area contributed by atoms with Crippen LogP contribution >= 0.6 is 0 Å². The molecule has 0 saturated heterocycles. The van der Waals surface area contributed by atoms with Crippen LogP contribution in [0, 0.1) is 0 Å². The third kappa shape index (κ3) is 3.71. The molecule has 0 spiro atoms. The highest BCUT2D eigenvalue weighted by Gasteiger charge is 2.30. The van der Waals surface area contributed by atoms with Crippen LogP contribution in [0.1, 0.15) is 31.0 Å². The highest BCUT2D eigenvalue weighted by Crippen LogP contribution is 2.33. The molecule has 5 heteroatoms. The maximum Gasteiger partial charge on any atom is 0.319 e. The van der Waals surface area contributed by atoms with Gasteiger partial charge in [-0.1, -0.05) is 48.5 Å². The van der Waals surface area contributed by atoms with Crippen LogP contribution in [0.15, 0.2) is 65.9 Å². The number of rotatable bonds is 5. The first kappa shape index (κ1) is 16.8. The van der Waals surface area contributed by atoms with E-state index in [-0.39, 0.29) is 11.8 Å². The Morgan fingerprint density at radius 2 is 1.76 bits per heavy atom. The number of carbonyl (C=O) groups is 2. The van der Waals surface area contributed by atoms with Gasteiger partial charge in [0.15, 0.2) is 5.78 Å². The third-order valence-corrected chi connectivity index (χ3v) is 4.12. The number of hydrogen-bond donors (Lipinski definition) is 2. The van der Waals surface area contributed by atoms with Gasteiger partial charge in [-0.15, -0.1) is 0 Å². The lowest BCUT2D eigenvalue weighted by molar-refractivity contribution is -0.114. The first-order valence-electron chi connectivity index (χ1n) is 8.11. The molecule has 0 bridgehead atoms. The number of Topliss-reactive ketones (excluding diaryl/α,β-unsaturated/α-hetero) is 1. The monoisotopic (exact) mass is 336 g/mol. The van der Waals surface area contributed by atoms with Crippen molar-refractivity contribution in [2.24, 2.45) is 0 Å². The van der Waals surface area contributed by atoms with E-state index in [1.165, 1.54) is 6.92 Å². The van der Waals surface area contributed by atoms with Crippen molar-refractivity contribution in [3.63, 3.8) is 0 Å². The summed E-state index contributed by atoms with van der Waals surface area (Å²) in [6.07, 6.45) is 0. The average Bonchev–Trinajstić information content (AvgIpc) is 2.60. The molecule has 128 valence electrons. The maximum absolute atomic E-state index is 12.1. The molecule has 1 heterocycles. The number of amides is 2. The second-order valence-corrected chi connectivity index (χ2v) is 5.94. The molecule has 25 heavy (non-hydrogen) atoms. The standard InChI is InChI=1S/C20H20N2O3/c1-13-18(14(2)23)19(22-20(24)21-13)16-10-6-7-11-17(16)25-12-15-8-4-3-5-9-15/h3-11,19H,12H2,1-2H3,(H2,21,22,24). The van der Waals surface area contributed by atoms with Crippen molar-refractivity contribution >= 4 is 11.8 Å². The van der Waals surface area contributed by atoms with Crippen molar-refractivity contribution in [1.29, 1.82) is 0 Å². The highest BCUT2D eigenvalue weighted by molar-refractivity contribution is 5.98. The molecule has 0 saturated carbocycles. The molecule has 0 radical (unpaired) electrons. The lowest BCUT2D eigenvalue weighted by Gasteiger charge is -2.29. The smallest absolute Gasteiger partial charge is 0.319 e. The summed E-state index contributed by atoms with van der Waals surface area (Å²) in [7, 11) is 0. The van der Waals surface area contributed by atoms with Gasteiger partial charge in [-0.2, -0.15) is 0 Å². The summed E-state index contributed by atoms with van der Waals surface area (Å²) >= 11 is 0. The van der Waals surface area contributed by atoms with Crippen LogP contribution in [-0.4, -0.2) is 11.8 Å². The number of ether oxygens (including phenoxy) is 1. The number of para-hydroxylation sites is 1. The fraction of sp³-hybridized carbons (Fsp3) is 0.200. The minimum Gasteiger partial charge on any atom is -0.489 e.